The summed E-state index contributed by atoms with van der Waals surface area (Å²) in [6, 6.07) is 15.4. The average molecular weight is 363 g/mol. The van der Waals surface area contributed by atoms with Crippen molar-refractivity contribution >= 4 is 23.6 Å². The summed E-state index contributed by atoms with van der Waals surface area (Å²) in [4.78, 5) is 28.5. The molecule has 1 atom stereocenters. The number of hydrogen-bond donors (Lipinski definition) is 1. The number of carbonyl (C=O) groups excluding carboxylic acids is 2. The lowest BCUT2D eigenvalue weighted by Crippen LogP contribution is -2.33. The topological polar surface area (TPSA) is 52.7 Å². The maximum Gasteiger partial charge on any atom is 0.226 e. The minimum atomic E-state index is -0.298. The Balaban J connectivity index is 1.76. The molecule has 2 amide bonds. The molecule has 5 nitrogen and oxygen atoms in total. The molecule has 1 unspecified atom stereocenters. The van der Waals surface area contributed by atoms with Crippen molar-refractivity contribution < 1.29 is 9.59 Å². The third-order valence-corrected chi connectivity index (χ3v) is 4.56. The molecule has 27 heavy (non-hydrogen) atoms. The van der Waals surface area contributed by atoms with Crippen LogP contribution in [-0.4, -0.2) is 35.7 Å². The molecular weight excluding hydrogens is 338 g/mol. The predicted octanol–water partition coefficient (Wildman–Crippen LogP) is 3.65. The van der Waals surface area contributed by atoms with Crippen LogP contribution in [0.15, 0.2) is 54.7 Å². The number of rotatable bonds is 5. The fourth-order valence-corrected chi connectivity index (χ4v) is 3.41. The van der Waals surface area contributed by atoms with Crippen molar-refractivity contribution in [3.05, 3.63) is 71.4 Å². The fraction of sp³-hybridized carbons (Fsp3) is 0.273. The number of nitrogens with one attached hydrogen (secondary N) is 1. The van der Waals surface area contributed by atoms with Gasteiger partial charge in [0.05, 0.1) is 12.5 Å². The number of carbonyl (C=O) groups is 2. The summed E-state index contributed by atoms with van der Waals surface area (Å²) >= 11 is 0. The van der Waals surface area contributed by atoms with Crippen LogP contribution in [0.5, 0.6) is 0 Å². The molecule has 3 rings (SSSR count). The van der Waals surface area contributed by atoms with E-state index >= 15 is 0 Å². The lowest BCUT2D eigenvalue weighted by atomic mass is 9.93. The van der Waals surface area contributed by atoms with Gasteiger partial charge in [0.15, 0.2) is 0 Å². The van der Waals surface area contributed by atoms with Crippen LogP contribution < -0.4 is 5.32 Å². The van der Waals surface area contributed by atoms with Crippen LogP contribution in [-0.2, 0) is 16.1 Å². The van der Waals surface area contributed by atoms with Crippen molar-refractivity contribution in [2.45, 2.75) is 25.9 Å². The van der Waals surface area contributed by atoms with E-state index in [1.54, 1.807) is 11.1 Å². The van der Waals surface area contributed by atoms with Crippen molar-refractivity contribution in [1.29, 1.82) is 0 Å². The highest BCUT2D eigenvalue weighted by molar-refractivity contribution is 5.92. The fourth-order valence-electron chi connectivity index (χ4n) is 3.41. The van der Waals surface area contributed by atoms with Crippen molar-refractivity contribution in [2.24, 2.45) is 0 Å². The molecule has 0 fully saturated rings. The van der Waals surface area contributed by atoms with Gasteiger partial charge in [-0.3, -0.25) is 9.59 Å². The number of nitrogens with zero attached hydrogens (tertiary/aromatic N) is 2. The lowest BCUT2D eigenvalue weighted by Gasteiger charge is -2.32. The molecule has 1 heterocycles. The molecule has 1 aliphatic heterocycles. The number of benzene rings is 2. The monoisotopic (exact) mass is 363 g/mol. The summed E-state index contributed by atoms with van der Waals surface area (Å²) in [5.74, 6) is -0.190. The summed E-state index contributed by atoms with van der Waals surface area (Å²) in [6.07, 6.45) is 3.88. The first-order valence-corrected chi connectivity index (χ1v) is 9.03. The van der Waals surface area contributed by atoms with Gasteiger partial charge in [-0.05, 0) is 49.0 Å². The van der Waals surface area contributed by atoms with E-state index in [9.17, 15) is 9.59 Å². The Bertz CT molecular complexity index is 873. The number of amides is 2. The Morgan fingerprint density at radius 3 is 2.63 bits per heavy atom. The van der Waals surface area contributed by atoms with E-state index in [-0.39, 0.29) is 24.3 Å². The molecule has 0 saturated heterocycles. The summed E-state index contributed by atoms with van der Waals surface area (Å²) in [5.41, 5.74) is 3.94. The van der Waals surface area contributed by atoms with Crippen molar-refractivity contribution in [3.63, 3.8) is 0 Å². The zero-order valence-corrected chi connectivity index (χ0v) is 16.0. The van der Waals surface area contributed by atoms with Gasteiger partial charge in [0.25, 0.3) is 0 Å². The number of fused-ring (bicyclic) bond motifs is 1. The number of anilines is 1. The molecule has 0 aliphatic carbocycles. The van der Waals surface area contributed by atoms with Crippen LogP contribution in [0.3, 0.4) is 0 Å². The summed E-state index contributed by atoms with van der Waals surface area (Å²) < 4.78 is 0. The zero-order chi connectivity index (χ0) is 19.4. The van der Waals surface area contributed by atoms with E-state index in [0.29, 0.717) is 0 Å². The maximum absolute atomic E-state index is 12.7. The van der Waals surface area contributed by atoms with Gasteiger partial charge in [-0.1, -0.05) is 36.4 Å². The quantitative estimate of drug-likeness (QED) is 0.882. The number of hydrogen-bond acceptors (Lipinski definition) is 3. The van der Waals surface area contributed by atoms with E-state index in [2.05, 4.69) is 10.2 Å². The Morgan fingerprint density at radius 2 is 1.89 bits per heavy atom. The molecule has 2 aromatic carbocycles. The highest BCUT2D eigenvalue weighted by Crippen LogP contribution is 2.33. The molecule has 1 N–H and O–H groups in total. The molecule has 0 spiro atoms. The van der Waals surface area contributed by atoms with E-state index < -0.39 is 0 Å². The third-order valence-electron chi connectivity index (χ3n) is 4.56. The molecular formula is C22H25N3O2. The average Bonchev–Trinajstić information content (AvgIpc) is 2.61. The first-order valence-electron chi connectivity index (χ1n) is 9.03. The van der Waals surface area contributed by atoms with Gasteiger partial charge in [-0.2, -0.15) is 0 Å². The molecule has 2 aromatic rings. The first kappa shape index (κ1) is 18.9. The van der Waals surface area contributed by atoms with Gasteiger partial charge in [0.1, 0.15) is 0 Å². The van der Waals surface area contributed by atoms with Gasteiger partial charge < -0.3 is 15.1 Å². The Hall–Kier alpha value is -2.92. The second-order valence-electron chi connectivity index (χ2n) is 7.08. The van der Waals surface area contributed by atoms with Crippen molar-refractivity contribution in [3.8, 4) is 0 Å². The van der Waals surface area contributed by atoms with Gasteiger partial charge in [-0.15, -0.1) is 0 Å². The van der Waals surface area contributed by atoms with Crippen LogP contribution in [0.1, 0.15) is 36.1 Å². The predicted molar refractivity (Wildman–Crippen MR) is 108 cm³/mol. The van der Waals surface area contributed by atoms with Crippen molar-refractivity contribution in [2.75, 3.05) is 19.4 Å². The third kappa shape index (κ3) is 4.63. The van der Waals surface area contributed by atoms with Crippen LogP contribution in [0.25, 0.3) is 6.08 Å². The summed E-state index contributed by atoms with van der Waals surface area (Å²) in [6.45, 7) is 2.33. The Kier molecular flexibility index (Phi) is 5.72. The molecule has 0 aromatic heterocycles. The molecule has 0 bridgehead atoms. The maximum atomic E-state index is 12.7. The lowest BCUT2D eigenvalue weighted by molar-refractivity contribution is -0.129. The highest BCUT2D eigenvalue weighted by Gasteiger charge is 2.28. The second kappa shape index (κ2) is 8.18. The smallest absolute Gasteiger partial charge is 0.226 e. The SMILES string of the molecule is CC(=O)N1C=Cc2ccccc2C1CC(=O)Nc1cccc(CN(C)C)c1. The van der Waals surface area contributed by atoms with E-state index in [1.807, 2.05) is 68.7 Å². The minimum absolute atomic E-state index is 0.0773. The summed E-state index contributed by atoms with van der Waals surface area (Å²) in [7, 11) is 4.02. The van der Waals surface area contributed by atoms with Gasteiger partial charge >= 0.3 is 0 Å². The van der Waals surface area contributed by atoms with Gasteiger partial charge in [0, 0.05) is 25.4 Å². The van der Waals surface area contributed by atoms with E-state index in [1.165, 1.54) is 6.92 Å². The van der Waals surface area contributed by atoms with E-state index in [0.717, 1.165) is 28.9 Å². The second-order valence-corrected chi connectivity index (χ2v) is 7.08. The van der Waals surface area contributed by atoms with Crippen LogP contribution in [0, 0.1) is 0 Å². The molecule has 0 saturated carbocycles. The molecule has 0 radical (unpaired) electrons. The van der Waals surface area contributed by atoms with Crippen LogP contribution >= 0.6 is 0 Å². The largest absolute Gasteiger partial charge is 0.326 e. The summed E-state index contributed by atoms with van der Waals surface area (Å²) in [5, 5.41) is 2.97. The van der Waals surface area contributed by atoms with Crippen LogP contribution in [0.2, 0.25) is 0 Å². The highest BCUT2D eigenvalue weighted by atomic mass is 16.2. The molecule has 1 aliphatic rings. The zero-order valence-electron chi connectivity index (χ0n) is 16.0. The van der Waals surface area contributed by atoms with Gasteiger partial charge in [-0.25, -0.2) is 0 Å². The first-order chi connectivity index (χ1) is 12.9. The van der Waals surface area contributed by atoms with Crippen molar-refractivity contribution in [1.82, 2.24) is 9.80 Å². The Morgan fingerprint density at radius 1 is 1.11 bits per heavy atom. The van der Waals surface area contributed by atoms with Crippen LogP contribution in [0.4, 0.5) is 5.69 Å². The Labute approximate surface area is 160 Å². The van der Waals surface area contributed by atoms with E-state index in [4.69, 9.17) is 0 Å². The molecule has 5 heteroatoms. The standard InChI is InChI=1S/C22H25N3O2/c1-16(26)25-12-11-18-8-4-5-10-20(18)21(25)14-22(27)23-19-9-6-7-17(13-19)15-24(2)3/h4-13,21H,14-15H2,1-3H3,(H,23,27). The van der Waals surface area contributed by atoms with Gasteiger partial charge in [0.2, 0.25) is 11.8 Å². The normalized spacial score (nSPS) is 15.6. The molecule has 140 valence electrons. The minimum Gasteiger partial charge on any atom is -0.326 e.